The Hall–Kier alpha value is -0.590. The molecule has 3 nitrogen and oxygen atoms in total. The minimum Gasteiger partial charge on any atom is -0.318 e. The third kappa shape index (κ3) is 3.48. The minimum atomic E-state index is 0.466. The minimum absolute atomic E-state index is 0.466. The summed E-state index contributed by atoms with van der Waals surface area (Å²) in [6.07, 6.45) is 5.68. The number of nitrogens with one attached hydrogen (secondary N) is 1. The van der Waals surface area contributed by atoms with E-state index in [1.54, 1.807) is 0 Å². The summed E-state index contributed by atoms with van der Waals surface area (Å²) >= 11 is 0. The Morgan fingerprint density at radius 1 is 1.53 bits per heavy atom. The van der Waals surface area contributed by atoms with Crippen LogP contribution < -0.4 is 5.32 Å². The molecule has 2 atom stereocenters. The van der Waals surface area contributed by atoms with Gasteiger partial charge in [0, 0.05) is 18.6 Å². The third-order valence-corrected chi connectivity index (χ3v) is 3.38. The molecule has 0 aromatic rings. The first-order valence-corrected chi connectivity index (χ1v) is 6.10. The standard InChI is InChI=1S/C12H23N3/c1-3-11(7-8-13)15-9-5-4-6-12(15)10-14-2/h11-12,14H,3-7,9-10H2,1-2H3. The van der Waals surface area contributed by atoms with Crippen molar-refractivity contribution < 1.29 is 0 Å². The van der Waals surface area contributed by atoms with Crippen molar-refractivity contribution in [3.8, 4) is 6.07 Å². The van der Waals surface area contributed by atoms with Crippen LogP contribution in [0, 0.1) is 11.3 Å². The van der Waals surface area contributed by atoms with E-state index in [1.165, 1.54) is 25.8 Å². The van der Waals surface area contributed by atoms with E-state index in [2.05, 4.69) is 23.2 Å². The molecule has 1 rings (SSSR count). The van der Waals surface area contributed by atoms with Gasteiger partial charge in [-0.3, -0.25) is 4.90 Å². The molecule has 86 valence electrons. The van der Waals surface area contributed by atoms with E-state index in [9.17, 15) is 0 Å². The van der Waals surface area contributed by atoms with Gasteiger partial charge in [-0.25, -0.2) is 0 Å². The van der Waals surface area contributed by atoms with E-state index in [1.807, 2.05) is 7.05 Å². The lowest BCUT2D eigenvalue weighted by atomic mass is 9.97. The quantitative estimate of drug-likeness (QED) is 0.750. The van der Waals surface area contributed by atoms with Gasteiger partial charge >= 0.3 is 0 Å². The summed E-state index contributed by atoms with van der Waals surface area (Å²) < 4.78 is 0. The van der Waals surface area contributed by atoms with Gasteiger partial charge in [0.15, 0.2) is 0 Å². The van der Waals surface area contributed by atoms with Crippen LogP contribution in [0.15, 0.2) is 0 Å². The maximum absolute atomic E-state index is 8.82. The smallest absolute Gasteiger partial charge is 0.0638 e. The van der Waals surface area contributed by atoms with Crippen molar-refractivity contribution in [3.05, 3.63) is 0 Å². The fraction of sp³-hybridized carbons (Fsp3) is 0.917. The molecule has 15 heavy (non-hydrogen) atoms. The molecule has 0 bridgehead atoms. The topological polar surface area (TPSA) is 39.1 Å². The van der Waals surface area contributed by atoms with Crippen LogP contribution in [0.3, 0.4) is 0 Å². The van der Waals surface area contributed by atoms with Gasteiger partial charge in [0.25, 0.3) is 0 Å². The fourth-order valence-electron chi connectivity index (χ4n) is 2.56. The number of likely N-dealkylation sites (tertiary alicyclic amines) is 1. The molecule has 0 amide bonds. The van der Waals surface area contributed by atoms with Crippen LogP contribution in [0.1, 0.15) is 39.0 Å². The highest BCUT2D eigenvalue weighted by Gasteiger charge is 2.26. The van der Waals surface area contributed by atoms with Crippen LogP contribution in [0.5, 0.6) is 0 Å². The van der Waals surface area contributed by atoms with Crippen LogP contribution in [0.2, 0.25) is 0 Å². The molecule has 0 aliphatic carbocycles. The average Bonchev–Trinajstić information content (AvgIpc) is 2.27. The highest BCUT2D eigenvalue weighted by atomic mass is 15.2. The highest BCUT2D eigenvalue weighted by molar-refractivity contribution is 4.88. The van der Waals surface area contributed by atoms with Gasteiger partial charge in [0.05, 0.1) is 12.5 Å². The van der Waals surface area contributed by atoms with Gasteiger partial charge in [-0.1, -0.05) is 13.3 Å². The van der Waals surface area contributed by atoms with E-state index in [0.29, 0.717) is 18.5 Å². The number of likely N-dealkylation sites (N-methyl/N-ethyl adjacent to an activating group) is 1. The molecular formula is C12H23N3. The second-order valence-corrected chi connectivity index (χ2v) is 4.37. The predicted molar refractivity (Wildman–Crippen MR) is 62.6 cm³/mol. The monoisotopic (exact) mass is 209 g/mol. The lowest BCUT2D eigenvalue weighted by Crippen LogP contribution is -2.49. The summed E-state index contributed by atoms with van der Waals surface area (Å²) in [5.74, 6) is 0. The van der Waals surface area contributed by atoms with E-state index >= 15 is 0 Å². The molecule has 2 unspecified atom stereocenters. The molecule has 3 heteroatoms. The van der Waals surface area contributed by atoms with Crippen molar-refractivity contribution >= 4 is 0 Å². The van der Waals surface area contributed by atoms with E-state index in [0.717, 1.165) is 13.0 Å². The number of nitriles is 1. The molecule has 1 heterocycles. The van der Waals surface area contributed by atoms with Gasteiger partial charge in [-0.15, -0.1) is 0 Å². The van der Waals surface area contributed by atoms with Gasteiger partial charge < -0.3 is 5.32 Å². The van der Waals surface area contributed by atoms with Crippen molar-refractivity contribution in [2.75, 3.05) is 20.1 Å². The van der Waals surface area contributed by atoms with E-state index in [-0.39, 0.29) is 0 Å². The van der Waals surface area contributed by atoms with Crippen LogP contribution in [0.25, 0.3) is 0 Å². The Labute approximate surface area is 93.5 Å². The Bertz CT molecular complexity index is 207. The lowest BCUT2D eigenvalue weighted by molar-refractivity contribution is 0.0939. The van der Waals surface area contributed by atoms with E-state index < -0.39 is 0 Å². The first-order valence-electron chi connectivity index (χ1n) is 6.10. The summed E-state index contributed by atoms with van der Waals surface area (Å²) in [5, 5.41) is 12.1. The average molecular weight is 209 g/mol. The van der Waals surface area contributed by atoms with Crippen LogP contribution >= 0.6 is 0 Å². The first-order chi connectivity index (χ1) is 7.33. The predicted octanol–water partition coefficient (Wildman–Crippen LogP) is 1.75. The summed E-state index contributed by atoms with van der Waals surface area (Å²) in [5.41, 5.74) is 0. The zero-order valence-electron chi connectivity index (χ0n) is 10.00. The van der Waals surface area contributed by atoms with Crippen molar-refractivity contribution in [2.24, 2.45) is 0 Å². The normalized spacial score (nSPS) is 24.7. The third-order valence-electron chi connectivity index (χ3n) is 3.38. The van der Waals surface area contributed by atoms with Crippen LogP contribution in [0.4, 0.5) is 0 Å². The molecule has 1 aliphatic rings. The first kappa shape index (κ1) is 12.5. The van der Waals surface area contributed by atoms with Gasteiger partial charge in [0.1, 0.15) is 0 Å². The molecule has 1 fully saturated rings. The number of hydrogen-bond acceptors (Lipinski definition) is 3. The maximum Gasteiger partial charge on any atom is 0.0638 e. The summed E-state index contributed by atoms with van der Waals surface area (Å²) in [6, 6.07) is 3.42. The highest BCUT2D eigenvalue weighted by Crippen LogP contribution is 2.22. The Morgan fingerprint density at radius 2 is 2.33 bits per heavy atom. The molecule has 0 aromatic carbocycles. The number of hydrogen-bond donors (Lipinski definition) is 1. The van der Waals surface area contributed by atoms with Crippen molar-refractivity contribution in [1.82, 2.24) is 10.2 Å². The molecule has 1 N–H and O–H groups in total. The summed E-state index contributed by atoms with van der Waals surface area (Å²) in [7, 11) is 2.01. The van der Waals surface area contributed by atoms with Crippen molar-refractivity contribution in [2.45, 2.75) is 51.1 Å². The van der Waals surface area contributed by atoms with Crippen LogP contribution in [-0.2, 0) is 0 Å². The second-order valence-electron chi connectivity index (χ2n) is 4.37. The van der Waals surface area contributed by atoms with Gasteiger partial charge in [-0.2, -0.15) is 5.26 Å². The van der Waals surface area contributed by atoms with E-state index in [4.69, 9.17) is 5.26 Å². The number of rotatable bonds is 5. The zero-order chi connectivity index (χ0) is 11.1. The van der Waals surface area contributed by atoms with Crippen molar-refractivity contribution in [3.63, 3.8) is 0 Å². The Morgan fingerprint density at radius 3 is 2.93 bits per heavy atom. The summed E-state index contributed by atoms with van der Waals surface area (Å²) in [4.78, 5) is 2.54. The lowest BCUT2D eigenvalue weighted by Gasteiger charge is -2.40. The molecule has 0 radical (unpaired) electrons. The molecular weight excluding hydrogens is 186 g/mol. The number of nitrogens with zero attached hydrogens (tertiary/aromatic N) is 2. The molecule has 1 aliphatic heterocycles. The number of piperidine rings is 1. The molecule has 0 saturated carbocycles. The maximum atomic E-state index is 8.82. The SMILES string of the molecule is CCC(CC#N)N1CCCCC1CNC. The Kier molecular flexibility index (Phi) is 5.67. The van der Waals surface area contributed by atoms with Gasteiger partial charge in [0.2, 0.25) is 0 Å². The summed E-state index contributed by atoms with van der Waals surface area (Å²) in [6.45, 7) is 4.42. The second kappa shape index (κ2) is 6.81. The van der Waals surface area contributed by atoms with Crippen molar-refractivity contribution in [1.29, 1.82) is 5.26 Å². The largest absolute Gasteiger partial charge is 0.318 e. The Balaban J connectivity index is 2.56. The van der Waals surface area contributed by atoms with Crippen LogP contribution in [-0.4, -0.2) is 37.1 Å². The molecule has 0 spiro atoms. The van der Waals surface area contributed by atoms with Gasteiger partial charge in [-0.05, 0) is 32.9 Å². The molecule has 1 saturated heterocycles. The molecule has 0 aromatic heterocycles. The fourth-order valence-corrected chi connectivity index (χ4v) is 2.56. The zero-order valence-corrected chi connectivity index (χ0v) is 10.00.